The molecule has 1 aromatic carbocycles. The molecule has 102 valence electrons. The van der Waals surface area contributed by atoms with Gasteiger partial charge in [-0.15, -0.1) is 0 Å². The van der Waals surface area contributed by atoms with Gasteiger partial charge in [-0.05, 0) is 53.4 Å². The van der Waals surface area contributed by atoms with Crippen LogP contribution in [0.5, 0.6) is 0 Å². The monoisotopic (exact) mass is 397 g/mol. The van der Waals surface area contributed by atoms with E-state index in [4.69, 9.17) is 0 Å². The number of nitrogens with one attached hydrogen (secondary N) is 1. The molecule has 0 heterocycles. The highest BCUT2D eigenvalue weighted by atomic mass is 79.9. The lowest BCUT2D eigenvalue weighted by atomic mass is 10.1. The molecule has 1 atom stereocenters. The minimum atomic E-state index is -3.47. The van der Waals surface area contributed by atoms with Crippen LogP contribution in [0.15, 0.2) is 32.0 Å². The summed E-state index contributed by atoms with van der Waals surface area (Å²) in [6.07, 6.45) is 0.813. The van der Waals surface area contributed by atoms with E-state index in [1.54, 1.807) is 18.2 Å². The number of halogens is 2. The first-order valence-electron chi connectivity index (χ1n) is 5.69. The van der Waals surface area contributed by atoms with Crippen LogP contribution in [-0.2, 0) is 10.0 Å². The number of hydrogen-bond donors (Lipinski definition) is 1. The lowest BCUT2D eigenvalue weighted by Gasteiger charge is -2.16. The molecule has 1 N–H and O–H groups in total. The zero-order chi connectivity index (χ0) is 13.9. The molecule has 0 aliphatic heterocycles. The van der Waals surface area contributed by atoms with Gasteiger partial charge in [0, 0.05) is 15.0 Å². The second-order valence-electron chi connectivity index (χ2n) is 4.73. The molecule has 1 unspecified atom stereocenters. The van der Waals surface area contributed by atoms with Crippen molar-refractivity contribution in [2.45, 2.75) is 38.1 Å². The summed E-state index contributed by atoms with van der Waals surface area (Å²) in [5.41, 5.74) is 0. The molecule has 1 aromatic rings. The van der Waals surface area contributed by atoms with E-state index in [1.807, 2.05) is 6.92 Å². The Morgan fingerprint density at radius 2 is 1.83 bits per heavy atom. The van der Waals surface area contributed by atoms with Gasteiger partial charge in [-0.2, -0.15) is 0 Å². The molecule has 0 spiro atoms. The second kappa shape index (κ2) is 6.50. The van der Waals surface area contributed by atoms with Crippen molar-refractivity contribution in [3.63, 3.8) is 0 Å². The maximum atomic E-state index is 12.2. The first kappa shape index (κ1) is 16.1. The zero-order valence-corrected chi connectivity index (χ0v) is 14.6. The van der Waals surface area contributed by atoms with Crippen LogP contribution < -0.4 is 4.72 Å². The molecule has 0 bridgehead atoms. The summed E-state index contributed by atoms with van der Waals surface area (Å²) >= 11 is 6.58. The highest BCUT2D eigenvalue weighted by molar-refractivity contribution is 9.11. The van der Waals surface area contributed by atoms with E-state index in [9.17, 15) is 8.42 Å². The van der Waals surface area contributed by atoms with Crippen molar-refractivity contribution in [3.05, 3.63) is 27.1 Å². The topological polar surface area (TPSA) is 46.2 Å². The van der Waals surface area contributed by atoms with Crippen molar-refractivity contribution in [2.24, 2.45) is 5.92 Å². The molecule has 0 aliphatic carbocycles. The summed E-state index contributed by atoms with van der Waals surface area (Å²) in [7, 11) is -3.47. The average molecular weight is 399 g/mol. The van der Waals surface area contributed by atoms with Gasteiger partial charge in [0.05, 0.1) is 4.90 Å². The van der Waals surface area contributed by atoms with Crippen molar-refractivity contribution in [2.75, 3.05) is 0 Å². The van der Waals surface area contributed by atoms with Crippen LogP contribution in [0.3, 0.4) is 0 Å². The molecule has 0 amide bonds. The Labute approximate surface area is 126 Å². The van der Waals surface area contributed by atoms with Gasteiger partial charge in [-0.3, -0.25) is 0 Å². The smallest absolute Gasteiger partial charge is 0.208 e. The van der Waals surface area contributed by atoms with Gasteiger partial charge in [-0.1, -0.05) is 29.8 Å². The van der Waals surface area contributed by atoms with E-state index in [0.29, 0.717) is 10.4 Å². The Balaban J connectivity index is 2.93. The summed E-state index contributed by atoms with van der Waals surface area (Å²) < 4.78 is 28.5. The van der Waals surface area contributed by atoms with E-state index in [1.165, 1.54) is 0 Å². The molecule has 1 rings (SSSR count). The van der Waals surface area contributed by atoms with Gasteiger partial charge >= 0.3 is 0 Å². The molecule has 0 saturated heterocycles. The zero-order valence-electron chi connectivity index (χ0n) is 10.6. The van der Waals surface area contributed by atoms with Crippen LogP contribution in [-0.4, -0.2) is 14.5 Å². The molecule has 0 fully saturated rings. The summed E-state index contributed by atoms with van der Waals surface area (Å²) in [6, 6.07) is 4.94. The van der Waals surface area contributed by atoms with E-state index in [-0.39, 0.29) is 10.9 Å². The van der Waals surface area contributed by atoms with Gasteiger partial charge < -0.3 is 0 Å². The van der Waals surface area contributed by atoms with Crippen LogP contribution in [0.4, 0.5) is 0 Å². The minimum absolute atomic E-state index is 0.0782. The maximum Gasteiger partial charge on any atom is 0.241 e. The third-order valence-corrected chi connectivity index (χ3v) is 5.42. The van der Waals surface area contributed by atoms with Crippen LogP contribution in [0.25, 0.3) is 0 Å². The lowest BCUT2D eigenvalue weighted by Crippen LogP contribution is -2.33. The third kappa shape index (κ3) is 4.64. The molecular weight excluding hydrogens is 382 g/mol. The number of benzene rings is 1. The maximum absolute atomic E-state index is 12.2. The fourth-order valence-corrected chi connectivity index (χ4v) is 4.78. The number of rotatable bonds is 5. The van der Waals surface area contributed by atoms with E-state index in [2.05, 4.69) is 50.4 Å². The SMILES string of the molecule is CC(C)CC(C)NS(=O)(=O)c1ccc(Br)cc1Br. The van der Waals surface area contributed by atoms with Crippen molar-refractivity contribution < 1.29 is 8.42 Å². The van der Waals surface area contributed by atoms with E-state index < -0.39 is 10.0 Å². The van der Waals surface area contributed by atoms with Gasteiger partial charge in [0.15, 0.2) is 0 Å². The first-order chi connectivity index (χ1) is 8.22. The van der Waals surface area contributed by atoms with Crippen LogP contribution in [0.1, 0.15) is 27.2 Å². The van der Waals surface area contributed by atoms with Crippen molar-refractivity contribution >= 4 is 41.9 Å². The predicted molar refractivity (Wildman–Crippen MR) is 81.1 cm³/mol. The fraction of sp³-hybridized carbons (Fsp3) is 0.500. The molecule has 3 nitrogen and oxygen atoms in total. The Kier molecular flexibility index (Phi) is 5.83. The molecular formula is C12H17Br2NO2S. The average Bonchev–Trinajstić information content (AvgIpc) is 2.13. The van der Waals surface area contributed by atoms with Crippen LogP contribution >= 0.6 is 31.9 Å². The predicted octanol–water partition coefficient (Wildman–Crippen LogP) is 3.92. The summed E-state index contributed by atoms with van der Waals surface area (Å²) in [5.74, 6) is 0.455. The highest BCUT2D eigenvalue weighted by Crippen LogP contribution is 2.26. The Morgan fingerprint density at radius 3 is 2.33 bits per heavy atom. The molecule has 0 radical (unpaired) electrons. The molecule has 0 aromatic heterocycles. The summed E-state index contributed by atoms with van der Waals surface area (Å²) in [6.45, 7) is 6.02. The van der Waals surface area contributed by atoms with E-state index >= 15 is 0 Å². The first-order valence-corrected chi connectivity index (χ1v) is 8.76. The van der Waals surface area contributed by atoms with Crippen LogP contribution in [0, 0.1) is 5.92 Å². The fourth-order valence-electron chi connectivity index (χ4n) is 1.78. The standard InChI is InChI=1S/C12H17Br2NO2S/c1-8(2)6-9(3)15-18(16,17)12-5-4-10(13)7-11(12)14/h4-5,7-9,15H,6H2,1-3H3. The Morgan fingerprint density at radius 1 is 1.22 bits per heavy atom. The van der Waals surface area contributed by atoms with E-state index in [0.717, 1.165) is 10.9 Å². The molecule has 0 saturated carbocycles. The normalized spacial score (nSPS) is 13.9. The summed E-state index contributed by atoms with van der Waals surface area (Å²) in [5, 5.41) is 0. The minimum Gasteiger partial charge on any atom is -0.208 e. The number of sulfonamides is 1. The van der Waals surface area contributed by atoms with Gasteiger partial charge in [0.25, 0.3) is 0 Å². The lowest BCUT2D eigenvalue weighted by molar-refractivity contribution is 0.482. The Hall–Kier alpha value is 0.0900. The summed E-state index contributed by atoms with van der Waals surface area (Å²) in [4.78, 5) is 0.265. The van der Waals surface area contributed by atoms with Gasteiger partial charge in [0.2, 0.25) is 10.0 Å². The van der Waals surface area contributed by atoms with Gasteiger partial charge in [-0.25, -0.2) is 13.1 Å². The molecule has 18 heavy (non-hydrogen) atoms. The van der Waals surface area contributed by atoms with Crippen molar-refractivity contribution in [3.8, 4) is 0 Å². The van der Waals surface area contributed by atoms with Crippen LogP contribution in [0.2, 0.25) is 0 Å². The van der Waals surface area contributed by atoms with Gasteiger partial charge in [0.1, 0.15) is 0 Å². The quantitative estimate of drug-likeness (QED) is 0.816. The van der Waals surface area contributed by atoms with Crippen molar-refractivity contribution in [1.29, 1.82) is 0 Å². The Bertz CT molecular complexity index is 515. The molecule has 0 aliphatic rings. The molecule has 6 heteroatoms. The second-order valence-corrected chi connectivity index (χ2v) is 8.18. The third-order valence-electron chi connectivity index (χ3n) is 2.36. The van der Waals surface area contributed by atoms with Crippen molar-refractivity contribution in [1.82, 2.24) is 4.72 Å². The highest BCUT2D eigenvalue weighted by Gasteiger charge is 2.20. The number of hydrogen-bond acceptors (Lipinski definition) is 2. The largest absolute Gasteiger partial charge is 0.241 e.